The summed E-state index contributed by atoms with van der Waals surface area (Å²) in [6.45, 7) is 4.81. The van der Waals surface area contributed by atoms with Gasteiger partial charge in [-0.05, 0) is 0 Å². The lowest BCUT2D eigenvalue weighted by Crippen LogP contribution is -2.20. The van der Waals surface area contributed by atoms with E-state index in [0.29, 0.717) is 13.2 Å². The molecule has 21 heavy (non-hydrogen) atoms. The zero-order chi connectivity index (χ0) is 17.0. The second-order valence-electron chi connectivity index (χ2n) is 4.60. The first-order valence-corrected chi connectivity index (χ1v) is 7.91. The van der Waals surface area contributed by atoms with Crippen molar-refractivity contribution in [3.05, 3.63) is 0 Å². The van der Waals surface area contributed by atoms with Crippen molar-refractivity contribution in [3.63, 3.8) is 0 Å². The molecule has 0 aromatic carbocycles. The highest BCUT2D eigenvalue weighted by atomic mass is 32.2. The van der Waals surface area contributed by atoms with E-state index < -0.39 is 0 Å². The number of hydrogen-bond acceptors (Lipinski definition) is 8. The molecule has 6 N–H and O–H groups in total. The van der Waals surface area contributed by atoms with Gasteiger partial charge >= 0.3 is 0 Å². The van der Waals surface area contributed by atoms with Crippen molar-refractivity contribution in [2.45, 2.75) is 13.8 Å². The van der Waals surface area contributed by atoms with E-state index in [9.17, 15) is 0 Å². The fourth-order valence-corrected chi connectivity index (χ4v) is 0.975. The summed E-state index contributed by atoms with van der Waals surface area (Å²) in [4.78, 5) is 0. The normalized spacial score (nSPS) is 10.3. The highest BCUT2D eigenvalue weighted by Gasteiger charge is 2.13. The van der Waals surface area contributed by atoms with Crippen LogP contribution in [0.2, 0.25) is 0 Å². The number of aliphatic hydroxyl groups excluding tert-OH is 6. The highest BCUT2D eigenvalue weighted by molar-refractivity contribution is 7.99. The maximum absolute atomic E-state index is 8.43. The maximum atomic E-state index is 8.43. The quantitative estimate of drug-likeness (QED) is 0.272. The lowest BCUT2D eigenvalue weighted by Gasteiger charge is -2.16. The van der Waals surface area contributed by atoms with Crippen LogP contribution in [-0.4, -0.2) is 95.0 Å². The summed E-state index contributed by atoms with van der Waals surface area (Å²) in [7, 11) is 0. The van der Waals surface area contributed by atoms with Gasteiger partial charge in [0.15, 0.2) is 0 Å². The van der Waals surface area contributed by atoms with Crippen LogP contribution < -0.4 is 0 Å². The van der Waals surface area contributed by atoms with E-state index in [1.165, 1.54) is 0 Å². The molecule has 8 heteroatoms. The third-order valence-corrected chi connectivity index (χ3v) is 2.74. The van der Waals surface area contributed by atoms with Gasteiger partial charge < -0.3 is 35.4 Å². The van der Waals surface area contributed by atoms with Crippen LogP contribution in [-0.2, 0) is 4.74 Å². The maximum Gasteiger partial charge on any atom is 0.0698 e. The monoisotopic (exact) mass is 332 g/mol. The van der Waals surface area contributed by atoms with Crippen molar-refractivity contribution in [3.8, 4) is 0 Å². The van der Waals surface area contributed by atoms with Crippen LogP contribution >= 0.6 is 11.8 Å². The van der Waals surface area contributed by atoms with Gasteiger partial charge in [0.05, 0.1) is 52.9 Å². The summed E-state index contributed by atoms with van der Waals surface area (Å²) >= 11 is 1.55. The van der Waals surface area contributed by atoms with Crippen LogP contribution in [0.4, 0.5) is 0 Å². The molecule has 0 bridgehead atoms. The van der Waals surface area contributed by atoms with Gasteiger partial charge in [0.1, 0.15) is 0 Å². The van der Waals surface area contributed by atoms with Crippen molar-refractivity contribution < 1.29 is 35.4 Å². The average Bonchev–Trinajstić information content (AvgIpc) is 2.50. The lowest BCUT2D eigenvalue weighted by atomic mass is 9.97. The molecule has 0 rings (SSSR count). The number of ether oxygens (including phenoxy) is 1. The van der Waals surface area contributed by atoms with E-state index in [1.807, 2.05) is 0 Å². The molecule has 132 valence electrons. The van der Waals surface area contributed by atoms with Gasteiger partial charge in [0, 0.05) is 16.9 Å². The molecule has 0 fully saturated rings. The predicted molar refractivity (Wildman–Crippen MR) is 84.4 cm³/mol. The van der Waals surface area contributed by atoms with Gasteiger partial charge in [0.2, 0.25) is 0 Å². The van der Waals surface area contributed by atoms with Crippen LogP contribution in [0.3, 0.4) is 0 Å². The van der Waals surface area contributed by atoms with E-state index in [1.54, 1.807) is 25.6 Å². The number of hydrogen-bond donors (Lipinski definition) is 6. The fraction of sp³-hybridized carbons (Fsp3) is 1.00. The summed E-state index contributed by atoms with van der Waals surface area (Å²) in [6.07, 6.45) is 0. The van der Waals surface area contributed by atoms with Crippen LogP contribution in [0.5, 0.6) is 0 Å². The Morgan fingerprint density at radius 2 is 1.10 bits per heavy atom. The van der Waals surface area contributed by atoms with E-state index in [0.717, 1.165) is 11.5 Å². The van der Waals surface area contributed by atoms with E-state index in [-0.39, 0.29) is 45.1 Å². The van der Waals surface area contributed by atoms with Crippen molar-refractivity contribution in [1.82, 2.24) is 0 Å². The molecule has 7 nitrogen and oxygen atoms in total. The van der Waals surface area contributed by atoms with Crippen molar-refractivity contribution >= 4 is 11.8 Å². The van der Waals surface area contributed by atoms with Gasteiger partial charge in [0.25, 0.3) is 0 Å². The molecular weight excluding hydrogens is 300 g/mol. The summed E-state index contributed by atoms with van der Waals surface area (Å²) in [5.41, 5.74) is -0.306. The Morgan fingerprint density at radius 1 is 0.714 bits per heavy atom. The Bertz CT molecular complexity index is 147. The molecule has 0 aromatic heterocycles. The zero-order valence-electron chi connectivity index (χ0n) is 13.1. The summed E-state index contributed by atoms with van der Waals surface area (Å²) in [5, 5.41) is 49.4. The molecule has 0 saturated heterocycles. The standard InChI is InChI=1S/C5H12O2.C4H10O3.C4H10O2S/c1-5(2,3-6)4-7;2*5-1-3-7-4-2-6/h6-7H,3-4H2,1-2H3;2*5-6H,1-4H2. The Labute approximate surface area is 131 Å². The van der Waals surface area contributed by atoms with Gasteiger partial charge in [-0.2, -0.15) is 11.8 Å². The molecule has 0 aliphatic rings. The second-order valence-corrected chi connectivity index (χ2v) is 5.82. The third-order valence-electron chi connectivity index (χ3n) is 1.80. The molecule has 0 atom stereocenters. The highest BCUT2D eigenvalue weighted by Crippen LogP contribution is 2.10. The van der Waals surface area contributed by atoms with Gasteiger partial charge in [-0.1, -0.05) is 13.8 Å². The van der Waals surface area contributed by atoms with Crippen molar-refractivity contribution in [2.75, 3.05) is 64.4 Å². The van der Waals surface area contributed by atoms with E-state index in [2.05, 4.69) is 4.74 Å². The minimum Gasteiger partial charge on any atom is -0.396 e. The first-order valence-electron chi connectivity index (χ1n) is 6.76. The number of thioether (sulfide) groups is 1. The minimum atomic E-state index is -0.306. The Morgan fingerprint density at radius 3 is 1.29 bits per heavy atom. The smallest absolute Gasteiger partial charge is 0.0698 e. The SMILES string of the molecule is CC(C)(CO)CO.OCCOCCO.OCCSCCO. The molecule has 0 aliphatic carbocycles. The predicted octanol–water partition coefficient (Wildman–Crippen LogP) is -1.31. The molecule has 0 amide bonds. The Balaban J connectivity index is -0.000000231. The third kappa shape index (κ3) is 33.1. The molecule has 0 saturated carbocycles. The average molecular weight is 332 g/mol. The Kier molecular flexibility index (Phi) is 27.7. The molecule has 0 aliphatic heterocycles. The molecule has 0 spiro atoms. The zero-order valence-corrected chi connectivity index (χ0v) is 13.9. The molecular formula is C13H32O7S. The van der Waals surface area contributed by atoms with Crippen molar-refractivity contribution in [2.24, 2.45) is 5.41 Å². The Hall–Kier alpha value is 0.0700. The van der Waals surface area contributed by atoms with Gasteiger partial charge in [-0.3, -0.25) is 0 Å². The lowest BCUT2D eigenvalue weighted by molar-refractivity contribution is 0.0650. The van der Waals surface area contributed by atoms with E-state index >= 15 is 0 Å². The van der Waals surface area contributed by atoms with Gasteiger partial charge in [-0.25, -0.2) is 0 Å². The first kappa shape index (κ1) is 26.0. The minimum absolute atomic E-state index is 0.0278. The molecule has 0 heterocycles. The molecule has 0 radical (unpaired) electrons. The van der Waals surface area contributed by atoms with Crippen LogP contribution in [0.1, 0.15) is 13.8 Å². The molecule has 0 aromatic rings. The van der Waals surface area contributed by atoms with Crippen LogP contribution in [0.15, 0.2) is 0 Å². The van der Waals surface area contributed by atoms with Gasteiger partial charge in [-0.15, -0.1) is 0 Å². The topological polar surface area (TPSA) is 131 Å². The summed E-state index contributed by atoms with van der Waals surface area (Å²) in [6, 6.07) is 0. The van der Waals surface area contributed by atoms with Crippen LogP contribution in [0.25, 0.3) is 0 Å². The van der Waals surface area contributed by atoms with E-state index in [4.69, 9.17) is 30.6 Å². The largest absolute Gasteiger partial charge is 0.396 e. The fourth-order valence-electron chi connectivity index (χ4n) is 0.512. The number of aliphatic hydroxyl groups is 6. The first-order chi connectivity index (χ1) is 9.95. The van der Waals surface area contributed by atoms with Crippen LogP contribution in [0, 0.1) is 5.41 Å². The summed E-state index contributed by atoms with van der Waals surface area (Å²) in [5.74, 6) is 1.47. The number of rotatable bonds is 10. The molecule has 0 unspecified atom stereocenters. The second kappa shape index (κ2) is 22.4. The summed E-state index contributed by atoms with van der Waals surface area (Å²) < 4.78 is 4.63. The van der Waals surface area contributed by atoms with Crippen molar-refractivity contribution in [1.29, 1.82) is 0 Å².